The highest BCUT2D eigenvalue weighted by Gasteiger charge is 2.19. The van der Waals surface area contributed by atoms with E-state index in [9.17, 15) is 4.79 Å². The zero-order chi connectivity index (χ0) is 13.4. The molecule has 0 saturated heterocycles. The van der Waals surface area contributed by atoms with Crippen LogP contribution in [0.3, 0.4) is 0 Å². The first kappa shape index (κ1) is 11.9. The molecule has 0 aliphatic heterocycles. The van der Waals surface area contributed by atoms with Gasteiger partial charge in [-0.25, -0.2) is 9.78 Å². The molecule has 5 nitrogen and oxygen atoms in total. The van der Waals surface area contributed by atoms with Gasteiger partial charge in [0.05, 0.1) is 19.0 Å². The van der Waals surface area contributed by atoms with E-state index in [1.807, 2.05) is 35.7 Å². The zero-order valence-electron chi connectivity index (χ0n) is 10.5. The Labute approximate surface area is 113 Å². The summed E-state index contributed by atoms with van der Waals surface area (Å²) < 4.78 is 11.0. The smallest absolute Gasteiger partial charge is 0.349 e. The molecule has 0 atom stereocenters. The van der Waals surface area contributed by atoms with Gasteiger partial charge >= 0.3 is 5.97 Å². The highest BCUT2D eigenvalue weighted by molar-refractivity contribution is 7.08. The van der Waals surface area contributed by atoms with Crippen LogP contribution in [0.4, 0.5) is 0 Å². The van der Waals surface area contributed by atoms with Gasteiger partial charge in [-0.15, -0.1) is 0 Å². The number of nitrogens with zero attached hydrogens (tertiary/aromatic N) is 3. The van der Waals surface area contributed by atoms with Crippen molar-refractivity contribution in [2.24, 2.45) is 0 Å². The minimum absolute atomic E-state index is 0.352. The first-order valence-electron chi connectivity index (χ1n) is 5.69. The van der Waals surface area contributed by atoms with Crippen molar-refractivity contribution in [3.8, 4) is 11.4 Å². The van der Waals surface area contributed by atoms with Crippen molar-refractivity contribution in [3.63, 3.8) is 0 Å². The third kappa shape index (κ3) is 1.80. The monoisotopic (exact) mass is 273 g/mol. The maximum Gasteiger partial charge on any atom is 0.349 e. The summed E-state index contributed by atoms with van der Waals surface area (Å²) in [5.74, 6) is -0.352. The highest BCUT2D eigenvalue weighted by Crippen LogP contribution is 2.28. The van der Waals surface area contributed by atoms with E-state index in [0.29, 0.717) is 4.88 Å². The Morgan fingerprint density at radius 2 is 2.26 bits per heavy atom. The lowest BCUT2D eigenvalue weighted by Crippen LogP contribution is -2.00. The molecule has 0 fully saturated rings. The number of carbonyl (C=O) groups is 1. The molecule has 0 unspecified atom stereocenters. The number of esters is 1. The average Bonchev–Trinajstić information content (AvgIpc) is 3.01. The third-order valence-electron chi connectivity index (χ3n) is 2.95. The lowest BCUT2D eigenvalue weighted by Gasteiger charge is -2.00. The summed E-state index contributed by atoms with van der Waals surface area (Å²) >= 11 is 1.15. The Balaban J connectivity index is 2.17. The van der Waals surface area contributed by atoms with Crippen molar-refractivity contribution in [1.29, 1.82) is 0 Å². The fourth-order valence-corrected chi connectivity index (χ4v) is 2.77. The van der Waals surface area contributed by atoms with E-state index in [2.05, 4.69) is 9.36 Å². The molecule has 0 spiro atoms. The van der Waals surface area contributed by atoms with Gasteiger partial charge in [0.1, 0.15) is 16.2 Å². The number of ether oxygens (including phenoxy) is 1. The highest BCUT2D eigenvalue weighted by atomic mass is 32.1. The van der Waals surface area contributed by atoms with Gasteiger partial charge < -0.3 is 4.74 Å². The summed E-state index contributed by atoms with van der Waals surface area (Å²) in [6.45, 7) is 1.87. The Morgan fingerprint density at radius 1 is 1.42 bits per heavy atom. The molecule has 0 aromatic carbocycles. The van der Waals surface area contributed by atoms with E-state index in [0.717, 1.165) is 34.1 Å². The second kappa shape index (κ2) is 4.47. The second-order valence-electron chi connectivity index (χ2n) is 4.05. The molecule has 0 aliphatic carbocycles. The normalized spacial score (nSPS) is 10.8. The number of fused-ring (bicyclic) bond motifs is 1. The molecule has 6 heteroatoms. The molecule has 3 aromatic rings. The number of hydrogen-bond acceptors (Lipinski definition) is 5. The van der Waals surface area contributed by atoms with Crippen LogP contribution in [0.15, 0.2) is 30.6 Å². The van der Waals surface area contributed by atoms with E-state index in [1.165, 1.54) is 7.11 Å². The minimum atomic E-state index is -0.352. The van der Waals surface area contributed by atoms with Crippen LogP contribution in [0.25, 0.3) is 17.0 Å². The predicted octanol–water partition coefficient (Wildman–Crippen LogP) is 2.55. The molecule has 0 bridgehead atoms. The van der Waals surface area contributed by atoms with E-state index >= 15 is 0 Å². The van der Waals surface area contributed by atoms with Crippen LogP contribution >= 0.6 is 11.5 Å². The standard InChI is InChI=1S/C13H11N3O2S/c1-8-11(15-19-12(8)13(17)18-2)9-7-14-10-5-3-4-6-16(9)10/h3-7H,1-2H3. The Kier molecular flexibility index (Phi) is 2.79. The zero-order valence-corrected chi connectivity index (χ0v) is 11.3. The summed E-state index contributed by atoms with van der Waals surface area (Å²) in [7, 11) is 1.37. The van der Waals surface area contributed by atoms with E-state index in [-0.39, 0.29) is 5.97 Å². The predicted molar refractivity (Wildman–Crippen MR) is 72.4 cm³/mol. The van der Waals surface area contributed by atoms with Gasteiger partial charge in [0, 0.05) is 11.8 Å². The largest absolute Gasteiger partial charge is 0.465 e. The molecule has 3 aromatic heterocycles. The molecule has 3 heterocycles. The van der Waals surface area contributed by atoms with E-state index < -0.39 is 0 Å². The maximum atomic E-state index is 11.6. The van der Waals surface area contributed by atoms with Gasteiger partial charge in [0.15, 0.2) is 0 Å². The number of pyridine rings is 1. The van der Waals surface area contributed by atoms with Crippen LogP contribution in [0.5, 0.6) is 0 Å². The van der Waals surface area contributed by atoms with Crippen molar-refractivity contribution in [2.45, 2.75) is 6.92 Å². The average molecular weight is 273 g/mol. The van der Waals surface area contributed by atoms with Gasteiger partial charge in [-0.05, 0) is 30.6 Å². The summed E-state index contributed by atoms with van der Waals surface area (Å²) in [5, 5.41) is 0. The maximum absolute atomic E-state index is 11.6. The number of methoxy groups -OCH3 is 1. The number of rotatable bonds is 2. The molecule has 0 aliphatic rings. The lowest BCUT2D eigenvalue weighted by atomic mass is 10.2. The van der Waals surface area contributed by atoms with Gasteiger partial charge in [-0.1, -0.05) is 6.07 Å². The topological polar surface area (TPSA) is 56.5 Å². The van der Waals surface area contributed by atoms with Gasteiger partial charge in [-0.2, -0.15) is 4.37 Å². The quantitative estimate of drug-likeness (QED) is 0.673. The molecule has 96 valence electrons. The van der Waals surface area contributed by atoms with E-state index in [4.69, 9.17) is 4.74 Å². The number of imidazole rings is 1. The fourth-order valence-electron chi connectivity index (χ4n) is 1.97. The molecule has 0 amide bonds. The lowest BCUT2D eigenvalue weighted by molar-refractivity contribution is 0.0605. The third-order valence-corrected chi connectivity index (χ3v) is 3.88. The Bertz CT molecular complexity index is 760. The van der Waals surface area contributed by atoms with Crippen molar-refractivity contribution in [2.75, 3.05) is 7.11 Å². The SMILES string of the molecule is COC(=O)c1snc(-c2cnc3ccccn23)c1C. The molecular formula is C13H11N3O2S. The molecule has 19 heavy (non-hydrogen) atoms. The first-order chi connectivity index (χ1) is 9.22. The Hall–Kier alpha value is -2.21. The number of aromatic nitrogens is 3. The summed E-state index contributed by atoms with van der Waals surface area (Å²) in [6, 6.07) is 5.79. The number of hydrogen-bond donors (Lipinski definition) is 0. The molecule has 0 saturated carbocycles. The van der Waals surface area contributed by atoms with Crippen molar-refractivity contribution < 1.29 is 9.53 Å². The van der Waals surface area contributed by atoms with E-state index in [1.54, 1.807) is 6.20 Å². The molecular weight excluding hydrogens is 262 g/mol. The van der Waals surface area contributed by atoms with Crippen LogP contribution in [0.2, 0.25) is 0 Å². The molecule has 0 N–H and O–H groups in total. The molecule has 3 rings (SSSR count). The van der Waals surface area contributed by atoms with Crippen LogP contribution < -0.4 is 0 Å². The minimum Gasteiger partial charge on any atom is -0.465 e. The Morgan fingerprint density at radius 3 is 3.05 bits per heavy atom. The van der Waals surface area contributed by atoms with Crippen LogP contribution in [0.1, 0.15) is 15.2 Å². The van der Waals surface area contributed by atoms with Gasteiger partial charge in [0.25, 0.3) is 0 Å². The van der Waals surface area contributed by atoms with Crippen LogP contribution in [-0.4, -0.2) is 26.8 Å². The van der Waals surface area contributed by atoms with Crippen molar-refractivity contribution in [1.82, 2.24) is 13.8 Å². The summed E-state index contributed by atoms with van der Waals surface area (Å²) in [4.78, 5) is 16.5. The van der Waals surface area contributed by atoms with Crippen molar-refractivity contribution in [3.05, 3.63) is 41.0 Å². The second-order valence-corrected chi connectivity index (χ2v) is 4.82. The van der Waals surface area contributed by atoms with Crippen molar-refractivity contribution >= 4 is 23.1 Å². The number of carbonyl (C=O) groups excluding carboxylic acids is 1. The summed E-state index contributed by atoms with van der Waals surface area (Å²) in [5.41, 5.74) is 3.32. The molecule has 0 radical (unpaired) electrons. The summed E-state index contributed by atoms with van der Waals surface area (Å²) in [6.07, 6.45) is 3.69. The van der Waals surface area contributed by atoms with Crippen LogP contribution in [0, 0.1) is 6.92 Å². The first-order valence-corrected chi connectivity index (χ1v) is 6.46. The van der Waals surface area contributed by atoms with Crippen LogP contribution in [-0.2, 0) is 4.74 Å². The van der Waals surface area contributed by atoms with Gasteiger partial charge in [0.2, 0.25) is 0 Å². The van der Waals surface area contributed by atoms with Gasteiger partial charge in [-0.3, -0.25) is 4.40 Å². The fraction of sp³-hybridized carbons (Fsp3) is 0.154.